The van der Waals surface area contributed by atoms with Gasteiger partial charge in [0.1, 0.15) is 5.82 Å². The second kappa shape index (κ2) is 10.2. The maximum atomic E-state index is 13.1. The van der Waals surface area contributed by atoms with E-state index in [1.807, 2.05) is 66.1 Å². The van der Waals surface area contributed by atoms with Gasteiger partial charge >= 0.3 is 0 Å². The third kappa shape index (κ3) is 5.53. The van der Waals surface area contributed by atoms with Gasteiger partial charge in [-0.2, -0.15) is 5.10 Å². The number of halogens is 1. The van der Waals surface area contributed by atoms with Crippen molar-refractivity contribution >= 4 is 23.4 Å². The Hall–Kier alpha value is -3.78. The van der Waals surface area contributed by atoms with E-state index in [1.165, 1.54) is 23.9 Å². The summed E-state index contributed by atoms with van der Waals surface area (Å²) in [4.78, 5) is 12.4. The Morgan fingerprint density at radius 3 is 2.39 bits per heavy atom. The Balaban J connectivity index is 1.51. The van der Waals surface area contributed by atoms with E-state index in [2.05, 4.69) is 20.7 Å². The Morgan fingerprint density at radius 2 is 1.70 bits per heavy atom. The van der Waals surface area contributed by atoms with Crippen molar-refractivity contribution in [2.45, 2.75) is 19.0 Å². The number of carbonyl (C=O) groups excluding carboxylic acids is 1. The number of hydrazone groups is 1. The molecule has 0 saturated carbocycles. The summed E-state index contributed by atoms with van der Waals surface area (Å²) in [5, 5.41) is 13.4. The van der Waals surface area contributed by atoms with Gasteiger partial charge in [-0.05, 0) is 43.7 Å². The molecule has 4 aromatic rings. The van der Waals surface area contributed by atoms with E-state index in [0.29, 0.717) is 16.7 Å². The number of nitrogens with zero attached hydrogens (tertiary/aromatic N) is 4. The number of aromatic nitrogens is 3. The normalized spacial score (nSPS) is 11.4. The molecule has 166 valence electrons. The lowest BCUT2D eigenvalue weighted by Gasteiger charge is -2.10. The average molecular weight is 460 g/mol. The van der Waals surface area contributed by atoms with Gasteiger partial charge in [0, 0.05) is 11.3 Å². The summed E-state index contributed by atoms with van der Waals surface area (Å²) in [7, 11) is 0. The molecule has 4 rings (SSSR count). The summed E-state index contributed by atoms with van der Waals surface area (Å²) in [6.45, 7) is 3.78. The van der Waals surface area contributed by atoms with Crippen LogP contribution in [0, 0.1) is 12.7 Å². The van der Waals surface area contributed by atoms with Crippen molar-refractivity contribution in [3.05, 3.63) is 95.8 Å². The summed E-state index contributed by atoms with van der Waals surface area (Å²) in [6.07, 6.45) is 0. The average Bonchev–Trinajstić information content (AvgIpc) is 3.26. The predicted octanol–water partition coefficient (Wildman–Crippen LogP) is 5.01. The zero-order valence-corrected chi connectivity index (χ0v) is 19.0. The lowest BCUT2D eigenvalue weighted by molar-refractivity contribution is -0.118. The zero-order valence-electron chi connectivity index (χ0n) is 18.2. The maximum Gasteiger partial charge on any atom is 0.250 e. The van der Waals surface area contributed by atoms with Gasteiger partial charge < -0.3 is 0 Å². The number of carbonyl (C=O) groups is 1. The molecule has 0 aliphatic carbocycles. The molecule has 1 heterocycles. The number of amides is 1. The summed E-state index contributed by atoms with van der Waals surface area (Å²) in [5.74, 6) is 0.215. The van der Waals surface area contributed by atoms with Crippen molar-refractivity contribution in [2.24, 2.45) is 5.10 Å². The van der Waals surface area contributed by atoms with Gasteiger partial charge in [-0.25, -0.2) is 9.82 Å². The molecule has 0 saturated heterocycles. The van der Waals surface area contributed by atoms with Gasteiger partial charge in [0.05, 0.1) is 11.5 Å². The van der Waals surface area contributed by atoms with Crippen LogP contribution in [0.4, 0.5) is 4.39 Å². The van der Waals surface area contributed by atoms with Gasteiger partial charge in [-0.15, -0.1) is 10.2 Å². The number of thioether (sulfide) groups is 1. The van der Waals surface area contributed by atoms with Crippen LogP contribution in [0.5, 0.6) is 0 Å². The first-order chi connectivity index (χ1) is 16.0. The SMILES string of the molecule is C/C(=N\NC(=O)CSc1nnc(-c2ccccc2)n1-c1ccc(C)cc1)c1ccc(F)cc1. The minimum Gasteiger partial charge on any atom is -0.272 e. The predicted molar refractivity (Wildman–Crippen MR) is 129 cm³/mol. The molecule has 1 N–H and O–H groups in total. The second-order valence-corrected chi connectivity index (χ2v) is 8.31. The largest absolute Gasteiger partial charge is 0.272 e. The zero-order chi connectivity index (χ0) is 23.2. The Kier molecular flexibility index (Phi) is 6.95. The molecule has 0 radical (unpaired) electrons. The first-order valence-electron chi connectivity index (χ1n) is 10.3. The molecule has 0 spiro atoms. The van der Waals surface area contributed by atoms with E-state index < -0.39 is 0 Å². The lowest BCUT2D eigenvalue weighted by atomic mass is 10.1. The van der Waals surface area contributed by atoms with Crippen LogP contribution >= 0.6 is 11.8 Å². The Morgan fingerprint density at radius 1 is 1.00 bits per heavy atom. The number of hydrogen-bond donors (Lipinski definition) is 1. The first kappa shape index (κ1) is 22.4. The fourth-order valence-electron chi connectivity index (χ4n) is 3.13. The Bertz CT molecular complexity index is 1270. The number of nitrogens with one attached hydrogen (secondary N) is 1. The Labute approximate surface area is 195 Å². The van der Waals surface area contributed by atoms with Crippen molar-refractivity contribution in [3.63, 3.8) is 0 Å². The van der Waals surface area contributed by atoms with Crippen LogP contribution < -0.4 is 5.43 Å². The molecule has 6 nitrogen and oxygen atoms in total. The van der Waals surface area contributed by atoms with Crippen molar-refractivity contribution in [1.82, 2.24) is 20.2 Å². The third-order valence-corrected chi connectivity index (χ3v) is 5.83. The van der Waals surface area contributed by atoms with E-state index >= 15 is 0 Å². The van der Waals surface area contributed by atoms with Gasteiger partial charge in [0.15, 0.2) is 11.0 Å². The molecule has 8 heteroatoms. The quantitative estimate of drug-likeness (QED) is 0.239. The van der Waals surface area contributed by atoms with Crippen molar-refractivity contribution in [3.8, 4) is 17.1 Å². The summed E-state index contributed by atoms with van der Waals surface area (Å²) >= 11 is 1.28. The first-order valence-corrected chi connectivity index (χ1v) is 11.3. The van der Waals surface area contributed by atoms with Gasteiger partial charge in [0.25, 0.3) is 5.91 Å². The highest BCUT2D eigenvalue weighted by Crippen LogP contribution is 2.28. The minimum atomic E-state index is -0.320. The van der Waals surface area contributed by atoms with Crippen molar-refractivity contribution in [1.29, 1.82) is 0 Å². The fraction of sp³-hybridized carbons (Fsp3) is 0.120. The van der Waals surface area contributed by atoms with E-state index in [0.717, 1.165) is 22.4 Å². The number of aryl methyl sites for hydroxylation is 1. The minimum absolute atomic E-state index is 0.110. The second-order valence-electron chi connectivity index (χ2n) is 7.37. The van der Waals surface area contributed by atoms with E-state index in [-0.39, 0.29) is 17.5 Å². The summed E-state index contributed by atoms with van der Waals surface area (Å²) in [5.41, 5.74) is 6.86. The van der Waals surface area contributed by atoms with Crippen LogP contribution in [0.15, 0.2) is 89.1 Å². The van der Waals surface area contributed by atoms with Gasteiger partial charge in [0.2, 0.25) is 0 Å². The van der Waals surface area contributed by atoms with Gasteiger partial charge in [-0.3, -0.25) is 9.36 Å². The van der Waals surface area contributed by atoms with Gasteiger partial charge in [-0.1, -0.05) is 71.9 Å². The fourth-order valence-corrected chi connectivity index (χ4v) is 3.87. The highest BCUT2D eigenvalue weighted by molar-refractivity contribution is 7.99. The highest BCUT2D eigenvalue weighted by atomic mass is 32.2. The molecule has 0 atom stereocenters. The molecule has 0 bridgehead atoms. The molecule has 0 unspecified atom stereocenters. The van der Waals surface area contributed by atoms with Crippen LogP contribution in [-0.2, 0) is 4.79 Å². The van der Waals surface area contributed by atoms with Crippen molar-refractivity contribution < 1.29 is 9.18 Å². The van der Waals surface area contributed by atoms with Crippen LogP contribution in [0.25, 0.3) is 17.1 Å². The molecule has 0 fully saturated rings. The van der Waals surface area contributed by atoms with E-state index in [4.69, 9.17) is 0 Å². The number of hydrogen-bond acceptors (Lipinski definition) is 5. The molecule has 1 amide bonds. The smallest absolute Gasteiger partial charge is 0.250 e. The molecule has 3 aromatic carbocycles. The molecule has 1 aromatic heterocycles. The van der Waals surface area contributed by atoms with E-state index in [9.17, 15) is 9.18 Å². The standard InChI is InChI=1S/C25H22FN5OS/c1-17-8-14-22(15-9-17)31-24(20-6-4-3-5-7-20)29-30-25(31)33-16-23(32)28-27-18(2)19-10-12-21(26)13-11-19/h3-15H,16H2,1-2H3,(H,28,32)/b27-18+. The molecule has 0 aliphatic heterocycles. The molecular formula is C25H22FN5OS. The summed E-state index contributed by atoms with van der Waals surface area (Å²) in [6, 6.07) is 23.8. The summed E-state index contributed by atoms with van der Waals surface area (Å²) < 4.78 is 15.0. The molecule has 0 aliphatic rings. The van der Waals surface area contributed by atoms with Crippen molar-refractivity contribution in [2.75, 3.05) is 5.75 Å². The molecular weight excluding hydrogens is 437 g/mol. The third-order valence-electron chi connectivity index (χ3n) is 4.90. The number of rotatable bonds is 7. The molecule has 33 heavy (non-hydrogen) atoms. The topological polar surface area (TPSA) is 72.2 Å². The van der Waals surface area contributed by atoms with Crippen LogP contribution in [0.3, 0.4) is 0 Å². The monoisotopic (exact) mass is 459 g/mol. The van der Waals surface area contributed by atoms with Crippen LogP contribution in [-0.4, -0.2) is 32.1 Å². The van der Waals surface area contributed by atoms with Crippen LogP contribution in [0.2, 0.25) is 0 Å². The number of benzene rings is 3. The highest BCUT2D eigenvalue weighted by Gasteiger charge is 2.17. The van der Waals surface area contributed by atoms with Crippen LogP contribution in [0.1, 0.15) is 18.1 Å². The maximum absolute atomic E-state index is 13.1. The lowest BCUT2D eigenvalue weighted by Crippen LogP contribution is -2.21. The van der Waals surface area contributed by atoms with E-state index in [1.54, 1.807) is 19.1 Å².